The van der Waals surface area contributed by atoms with E-state index in [1.54, 1.807) is 7.11 Å². The summed E-state index contributed by atoms with van der Waals surface area (Å²) in [6.07, 6.45) is 0. The summed E-state index contributed by atoms with van der Waals surface area (Å²) in [5.74, 6) is 0.714. The first-order valence-electron chi connectivity index (χ1n) is 6.41. The van der Waals surface area contributed by atoms with E-state index in [1.807, 2.05) is 38.1 Å². The van der Waals surface area contributed by atoms with Crippen LogP contribution in [0.2, 0.25) is 0 Å². The Balaban J connectivity index is 2.08. The Hall–Kier alpha value is -2.21. The monoisotopic (exact) mass is 274 g/mol. The SMILES string of the molecule is COCc1cccc(NC(=O)c2n[nH]c(C(C)C)n2)c1. The molecule has 0 saturated heterocycles. The van der Waals surface area contributed by atoms with E-state index >= 15 is 0 Å². The van der Waals surface area contributed by atoms with Crippen LogP contribution >= 0.6 is 0 Å². The zero-order chi connectivity index (χ0) is 14.5. The quantitative estimate of drug-likeness (QED) is 0.877. The normalized spacial score (nSPS) is 10.8. The van der Waals surface area contributed by atoms with Gasteiger partial charge in [0.2, 0.25) is 5.82 Å². The number of ether oxygens (including phenoxy) is 1. The van der Waals surface area contributed by atoms with Crippen molar-refractivity contribution in [2.24, 2.45) is 0 Å². The Morgan fingerprint density at radius 2 is 2.25 bits per heavy atom. The first-order valence-corrected chi connectivity index (χ1v) is 6.41. The molecule has 2 rings (SSSR count). The Bertz CT molecular complexity index is 592. The molecule has 0 spiro atoms. The lowest BCUT2D eigenvalue weighted by molar-refractivity contribution is 0.101. The number of aromatic nitrogens is 3. The second-order valence-corrected chi connectivity index (χ2v) is 4.79. The van der Waals surface area contributed by atoms with Crippen LogP contribution in [-0.2, 0) is 11.3 Å². The lowest BCUT2D eigenvalue weighted by Gasteiger charge is -2.05. The van der Waals surface area contributed by atoms with Crippen LogP contribution in [0.3, 0.4) is 0 Å². The van der Waals surface area contributed by atoms with Crippen molar-refractivity contribution >= 4 is 11.6 Å². The fraction of sp³-hybridized carbons (Fsp3) is 0.357. The summed E-state index contributed by atoms with van der Waals surface area (Å²) in [5, 5.41) is 9.45. The number of anilines is 1. The fourth-order valence-corrected chi connectivity index (χ4v) is 1.73. The molecule has 6 heteroatoms. The van der Waals surface area contributed by atoms with E-state index < -0.39 is 0 Å². The Morgan fingerprint density at radius 1 is 1.45 bits per heavy atom. The maximum Gasteiger partial charge on any atom is 0.295 e. The third kappa shape index (κ3) is 3.42. The van der Waals surface area contributed by atoms with Crippen molar-refractivity contribution in [1.82, 2.24) is 15.2 Å². The molecule has 0 aliphatic heterocycles. The molecule has 0 aliphatic carbocycles. The predicted molar refractivity (Wildman–Crippen MR) is 75.6 cm³/mol. The van der Waals surface area contributed by atoms with Gasteiger partial charge in [-0.05, 0) is 17.7 Å². The average Bonchev–Trinajstić information content (AvgIpc) is 2.89. The molecule has 1 aromatic heterocycles. The molecule has 1 aromatic carbocycles. The van der Waals surface area contributed by atoms with Crippen molar-refractivity contribution in [3.05, 3.63) is 41.5 Å². The van der Waals surface area contributed by atoms with Crippen molar-refractivity contribution in [2.75, 3.05) is 12.4 Å². The van der Waals surface area contributed by atoms with Crippen LogP contribution in [0.4, 0.5) is 5.69 Å². The first kappa shape index (κ1) is 14.2. The summed E-state index contributed by atoms with van der Waals surface area (Å²) in [4.78, 5) is 16.2. The zero-order valence-corrected chi connectivity index (χ0v) is 11.8. The van der Waals surface area contributed by atoms with Gasteiger partial charge in [0.25, 0.3) is 5.91 Å². The van der Waals surface area contributed by atoms with Crippen LogP contribution in [0.5, 0.6) is 0 Å². The lowest BCUT2D eigenvalue weighted by Crippen LogP contribution is -2.14. The molecule has 0 radical (unpaired) electrons. The second kappa shape index (κ2) is 6.29. The highest BCUT2D eigenvalue weighted by Crippen LogP contribution is 2.13. The fourth-order valence-electron chi connectivity index (χ4n) is 1.73. The third-order valence-corrected chi connectivity index (χ3v) is 2.75. The number of carbonyl (C=O) groups excluding carboxylic acids is 1. The van der Waals surface area contributed by atoms with Crippen molar-refractivity contribution < 1.29 is 9.53 Å². The van der Waals surface area contributed by atoms with E-state index in [2.05, 4.69) is 20.5 Å². The molecule has 0 saturated carbocycles. The van der Waals surface area contributed by atoms with Crippen molar-refractivity contribution in [2.45, 2.75) is 26.4 Å². The Morgan fingerprint density at radius 3 is 2.90 bits per heavy atom. The van der Waals surface area contributed by atoms with Gasteiger partial charge in [-0.15, -0.1) is 5.10 Å². The van der Waals surface area contributed by atoms with Crippen molar-refractivity contribution in [1.29, 1.82) is 0 Å². The van der Waals surface area contributed by atoms with E-state index in [4.69, 9.17) is 4.74 Å². The maximum atomic E-state index is 12.0. The van der Waals surface area contributed by atoms with Gasteiger partial charge in [-0.25, -0.2) is 4.98 Å². The number of hydrogen-bond donors (Lipinski definition) is 2. The highest BCUT2D eigenvalue weighted by atomic mass is 16.5. The summed E-state index contributed by atoms with van der Waals surface area (Å²) in [5.41, 5.74) is 1.68. The van der Waals surface area contributed by atoms with Crippen LogP contribution < -0.4 is 5.32 Å². The van der Waals surface area contributed by atoms with E-state index in [0.29, 0.717) is 18.1 Å². The molecule has 0 unspecified atom stereocenters. The van der Waals surface area contributed by atoms with Crippen molar-refractivity contribution in [3.8, 4) is 0 Å². The second-order valence-electron chi connectivity index (χ2n) is 4.79. The van der Waals surface area contributed by atoms with Crippen LogP contribution in [0.15, 0.2) is 24.3 Å². The van der Waals surface area contributed by atoms with Crippen LogP contribution in [-0.4, -0.2) is 28.2 Å². The van der Waals surface area contributed by atoms with Gasteiger partial charge in [0.05, 0.1) is 6.61 Å². The van der Waals surface area contributed by atoms with E-state index in [9.17, 15) is 4.79 Å². The number of nitrogens with zero attached hydrogens (tertiary/aromatic N) is 2. The number of aromatic amines is 1. The standard InChI is InChI=1S/C14H18N4O2/c1-9(2)12-16-13(18-17-12)14(19)15-11-6-4-5-10(7-11)8-20-3/h4-7,9H,8H2,1-3H3,(H,15,19)(H,16,17,18). The molecule has 1 amide bonds. The highest BCUT2D eigenvalue weighted by Gasteiger charge is 2.14. The molecule has 0 atom stereocenters. The number of carbonyl (C=O) groups is 1. The van der Waals surface area contributed by atoms with Crippen molar-refractivity contribution in [3.63, 3.8) is 0 Å². The number of nitrogens with one attached hydrogen (secondary N) is 2. The van der Waals surface area contributed by atoms with Gasteiger partial charge in [0, 0.05) is 18.7 Å². The molecule has 2 aromatic rings. The molecule has 1 heterocycles. The number of hydrogen-bond acceptors (Lipinski definition) is 4. The Kier molecular flexibility index (Phi) is 4.47. The van der Waals surface area contributed by atoms with E-state index in [0.717, 1.165) is 5.56 Å². The third-order valence-electron chi connectivity index (χ3n) is 2.75. The summed E-state index contributed by atoms with van der Waals surface area (Å²) < 4.78 is 5.06. The number of amides is 1. The summed E-state index contributed by atoms with van der Waals surface area (Å²) in [6, 6.07) is 7.47. The molecule has 0 aliphatic rings. The molecule has 0 bridgehead atoms. The van der Waals surface area contributed by atoms with Crippen LogP contribution in [0, 0.1) is 0 Å². The number of rotatable bonds is 5. The number of benzene rings is 1. The molecule has 0 fully saturated rings. The first-order chi connectivity index (χ1) is 9.60. The predicted octanol–water partition coefficient (Wildman–Crippen LogP) is 2.33. The largest absolute Gasteiger partial charge is 0.380 e. The topological polar surface area (TPSA) is 79.9 Å². The minimum absolute atomic E-state index is 0.144. The molecular weight excluding hydrogens is 256 g/mol. The van der Waals surface area contributed by atoms with Gasteiger partial charge >= 0.3 is 0 Å². The minimum atomic E-state index is -0.331. The van der Waals surface area contributed by atoms with E-state index in [-0.39, 0.29) is 17.6 Å². The molecular formula is C14H18N4O2. The molecule has 20 heavy (non-hydrogen) atoms. The van der Waals surface area contributed by atoms with Gasteiger partial charge < -0.3 is 10.1 Å². The maximum absolute atomic E-state index is 12.0. The summed E-state index contributed by atoms with van der Waals surface area (Å²) >= 11 is 0. The Labute approximate surface area is 117 Å². The molecule has 106 valence electrons. The summed E-state index contributed by atoms with van der Waals surface area (Å²) in [6.45, 7) is 4.47. The minimum Gasteiger partial charge on any atom is -0.380 e. The molecule has 6 nitrogen and oxygen atoms in total. The zero-order valence-electron chi connectivity index (χ0n) is 11.8. The highest BCUT2D eigenvalue weighted by molar-refractivity contribution is 6.01. The van der Waals surface area contributed by atoms with Gasteiger partial charge in [0.1, 0.15) is 5.82 Å². The smallest absolute Gasteiger partial charge is 0.295 e. The van der Waals surface area contributed by atoms with Crippen LogP contribution in [0.25, 0.3) is 0 Å². The van der Waals surface area contributed by atoms with Gasteiger partial charge in [-0.1, -0.05) is 26.0 Å². The van der Waals surface area contributed by atoms with Gasteiger partial charge in [0.15, 0.2) is 0 Å². The van der Waals surface area contributed by atoms with E-state index in [1.165, 1.54) is 0 Å². The van der Waals surface area contributed by atoms with Gasteiger partial charge in [-0.3, -0.25) is 9.89 Å². The average molecular weight is 274 g/mol. The lowest BCUT2D eigenvalue weighted by atomic mass is 10.2. The number of H-pyrrole nitrogens is 1. The van der Waals surface area contributed by atoms with Gasteiger partial charge in [-0.2, -0.15) is 0 Å². The number of methoxy groups -OCH3 is 1. The summed E-state index contributed by atoms with van der Waals surface area (Å²) in [7, 11) is 1.63. The molecule has 2 N–H and O–H groups in total. The van der Waals surface area contributed by atoms with Crippen LogP contribution in [0.1, 0.15) is 41.8 Å².